The van der Waals surface area contributed by atoms with Crippen LogP contribution in [0.1, 0.15) is 30.9 Å². The lowest BCUT2D eigenvalue weighted by molar-refractivity contribution is -0.135. The molecule has 0 amide bonds. The molecule has 0 bridgehead atoms. The van der Waals surface area contributed by atoms with Crippen molar-refractivity contribution in [3.63, 3.8) is 0 Å². The third kappa shape index (κ3) is 3.42. The van der Waals surface area contributed by atoms with Crippen LogP contribution in [0.3, 0.4) is 0 Å². The Morgan fingerprint density at radius 3 is 2.56 bits per heavy atom. The molecule has 0 fully saturated rings. The molecule has 0 radical (unpaired) electrons. The molecular formula is C19H22N4O4. The van der Waals surface area contributed by atoms with Gasteiger partial charge in [-0.05, 0) is 36.1 Å². The molecule has 0 saturated heterocycles. The van der Waals surface area contributed by atoms with Gasteiger partial charge in [0.2, 0.25) is 0 Å². The summed E-state index contributed by atoms with van der Waals surface area (Å²) < 4.78 is 9.03. The minimum absolute atomic E-state index is 0.252. The largest absolute Gasteiger partial charge is 0.425 e. The second kappa shape index (κ2) is 6.86. The lowest BCUT2D eigenvalue weighted by atomic mass is 10.0. The van der Waals surface area contributed by atoms with Crippen molar-refractivity contribution in [1.82, 2.24) is 18.7 Å². The number of carbonyl (C=O) groups excluding carboxylic acids is 1. The molecule has 0 aliphatic heterocycles. The lowest BCUT2D eigenvalue weighted by Gasteiger charge is -2.12. The fourth-order valence-corrected chi connectivity index (χ4v) is 3.00. The molecule has 0 aliphatic rings. The molecule has 0 spiro atoms. The Balaban J connectivity index is 1.95. The van der Waals surface area contributed by atoms with Crippen LogP contribution < -0.4 is 16.0 Å². The van der Waals surface area contributed by atoms with Gasteiger partial charge < -0.3 is 9.30 Å². The van der Waals surface area contributed by atoms with Crippen LogP contribution in [0.2, 0.25) is 0 Å². The van der Waals surface area contributed by atoms with Crippen molar-refractivity contribution in [2.24, 2.45) is 14.1 Å². The first-order valence-electron chi connectivity index (χ1n) is 8.62. The van der Waals surface area contributed by atoms with Gasteiger partial charge in [-0.3, -0.25) is 9.36 Å². The average molecular weight is 370 g/mol. The molecule has 8 nitrogen and oxygen atoms in total. The Labute approximate surface area is 155 Å². The maximum atomic E-state index is 12.6. The molecule has 3 rings (SSSR count). The van der Waals surface area contributed by atoms with Crippen LogP contribution in [0.4, 0.5) is 0 Å². The standard InChI is InChI=1S/C19H22N4O4/c1-11(2)13-6-12(3)7-14(8-13)27-15(24)9-23-18(25)16-17(20-10-21(16)4)22(5)19(23)26/h6-8,10-11H,9H2,1-5H3. The van der Waals surface area contributed by atoms with Gasteiger partial charge in [0.25, 0.3) is 5.56 Å². The normalized spacial score (nSPS) is 11.3. The molecule has 0 saturated carbocycles. The average Bonchev–Trinajstić information content (AvgIpc) is 2.98. The number of benzene rings is 1. The molecular weight excluding hydrogens is 348 g/mol. The molecule has 3 aromatic rings. The van der Waals surface area contributed by atoms with Gasteiger partial charge >= 0.3 is 11.7 Å². The van der Waals surface area contributed by atoms with Crippen LogP contribution in [0.15, 0.2) is 34.1 Å². The van der Waals surface area contributed by atoms with Crippen molar-refractivity contribution in [1.29, 1.82) is 0 Å². The Hall–Kier alpha value is -3.16. The molecule has 2 heterocycles. The number of esters is 1. The summed E-state index contributed by atoms with van der Waals surface area (Å²) in [5.41, 5.74) is 1.35. The predicted octanol–water partition coefficient (Wildman–Crippen LogP) is 1.47. The SMILES string of the molecule is Cc1cc(OC(=O)Cn2c(=O)c3c(ncn3C)n(C)c2=O)cc(C(C)C)c1. The third-order valence-corrected chi connectivity index (χ3v) is 4.46. The molecule has 0 N–H and O–H groups in total. The third-order valence-electron chi connectivity index (χ3n) is 4.46. The van der Waals surface area contributed by atoms with Crippen molar-refractivity contribution < 1.29 is 9.53 Å². The van der Waals surface area contributed by atoms with E-state index in [9.17, 15) is 14.4 Å². The summed E-state index contributed by atoms with van der Waals surface area (Å²) >= 11 is 0. The Morgan fingerprint density at radius 2 is 1.89 bits per heavy atom. The Morgan fingerprint density at radius 1 is 1.19 bits per heavy atom. The molecule has 27 heavy (non-hydrogen) atoms. The van der Waals surface area contributed by atoms with E-state index in [1.807, 2.05) is 26.8 Å². The minimum atomic E-state index is -0.684. The quantitative estimate of drug-likeness (QED) is 0.513. The summed E-state index contributed by atoms with van der Waals surface area (Å²) in [6.45, 7) is 5.54. The van der Waals surface area contributed by atoms with Gasteiger partial charge in [-0.1, -0.05) is 19.9 Å². The van der Waals surface area contributed by atoms with E-state index in [0.717, 1.165) is 15.7 Å². The van der Waals surface area contributed by atoms with Crippen LogP contribution in [-0.4, -0.2) is 24.7 Å². The van der Waals surface area contributed by atoms with Gasteiger partial charge in [0.15, 0.2) is 11.2 Å². The van der Waals surface area contributed by atoms with Gasteiger partial charge in [0.05, 0.1) is 6.33 Å². The summed E-state index contributed by atoms with van der Waals surface area (Å²) in [5.74, 6) is -0.00396. The van der Waals surface area contributed by atoms with Crippen molar-refractivity contribution in [3.8, 4) is 5.75 Å². The molecule has 2 aromatic heterocycles. The molecule has 142 valence electrons. The lowest BCUT2D eigenvalue weighted by Crippen LogP contribution is -2.42. The fraction of sp³-hybridized carbons (Fsp3) is 0.368. The molecule has 1 aromatic carbocycles. The van der Waals surface area contributed by atoms with E-state index in [2.05, 4.69) is 4.98 Å². The smallest absolute Gasteiger partial charge is 0.333 e. The van der Waals surface area contributed by atoms with Crippen LogP contribution in [0.5, 0.6) is 5.75 Å². The number of fused-ring (bicyclic) bond motifs is 1. The molecule has 0 atom stereocenters. The van der Waals surface area contributed by atoms with E-state index in [-0.39, 0.29) is 17.1 Å². The van der Waals surface area contributed by atoms with Crippen LogP contribution in [0.25, 0.3) is 11.2 Å². The first-order valence-corrected chi connectivity index (χ1v) is 8.62. The maximum Gasteiger partial charge on any atom is 0.333 e. The number of aromatic nitrogens is 4. The van der Waals surface area contributed by atoms with Crippen molar-refractivity contribution in [2.45, 2.75) is 33.2 Å². The number of nitrogens with zero attached hydrogens (tertiary/aromatic N) is 4. The number of rotatable bonds is 4. The fourth-order valence-electron chi connectivity index (χ4n) is 3.00. The maximum absolute atomic E-state index is 12.6. The predicted molar refractivity (Wildman–Crippen MR) is 101 cm³/mol. The van der Waals surface area contributed by atoms with E-state index in [1.165, 1.54) is 22.5 Å². The van der Waals surface area contributed by atoms with Gasteiger partial charge in [-0.25, -0.2) is 19.1 Å². The summed E-state index contributed by atoms with van der Waals surface area (Å²) in [7, 11) is 3.17. The van der Waals surface area contributed by atoms with Crippen molar-refractivity contribution in [2.75, 3.05) is 0 Å². The summed E-state index contributed by atoms with van der Waals surface area (Å²) in [6, 6.07) is 5.56. The highest BCUT2D eigenvalue weighted by atomic mass is 16.5. The zero-order valence-corrected chi connectivity index (χ0v) is 16.0. The summed E-state index contributed by atoms with van der Waals surface area (Å²) in [4.78, 5) is 41.6. The van der Waals surface area contributed by atoms with E-state index >= 15 is 0 Å². The van der Waals surface area contributed by atoms with Gasteiger partial charge in [0.1, 0.15) is 12.3 Å². The van der Waals surface area contributed by atoms with E-state index in [4.69, 9.17) is 4.74 Å². The van der Waals surface area contributed by atoms with Crippen LogP contribution in [-0.2, 0) is 25.4 Å². The van der Waals surface area contributed by atoms with Gasteiger partial charge in [-0.2, -0.15) is 0 Å². The van der Waals surface area contributed by atoms with Gasteiger partial charge in [-0.15, -0.1) is 0 Å². The number of imidazole rings is 1. The van der Waals surface area contributed by atoms with Crippen molar-refractivity contribution >= 4 is 17.1 Å². The monoisotopic (exact) mass is 370 g/mol. The zero-order chi connectivity index (χ0) is 19.9. The minimum Gasteiger partial charge on any atom is -0.425 e. The van der Waals surface area contributed by atoms with Crippen molar-refractivity contribution in [3.05, 3.63) is 56.5 Å². The second-order valence-electron chi connectivity index (χ2n) is 6.97. The second-order valence-corrected chi connectivity index (χ2v) is 6.97. The number of hydrogen-bond donors (Lipinski definition) is 0. The molecule has 8 heteroatoms. The zero-order valence-electron chi connectivity index (χ0n) is 16.0. The first kappa shape index (κ1) is 18.6. The van der Waals surface area contributed by atoms with Crippen LogP contribution >= 0.6 is 0 Å². The highest BCUT2D eigenvalue weighted by Crippen LogP contribution is 2.23. The highest BCUT2D eigenvalue weighted by molar-refractivity contribution is 5.74. The van der Waals surface area contributed by atoms with Gasteiger partial charge in [0, 0.05) is 14.1 Å². The Kier molecular flexibility index (Phi) is 4.73. The molecule has 0 aliphatic carbocycles. The molecule has 0 unspecified atom stereocenters. The van der Waals surface area contributed by atoms with E-state index in [1.54, 1.807) is 19.2 Å². The topological polar surface area (TPSA) is 88.1 Å². The number of hydrogen-bond acceptors (Lipinski definition) is 5. The highest BCUT2D eigenvalue weighted by Gasteiger charge is 2.18. The Bertz CT molecular complexity index is 1150. The van der Waals surface area contributed by atoms with E-state index in [0.29, 0.717) is 5.75 Å². The number of aryl methyl sites for hydroxylation is 3. The summed E-state index contributed by atoms with van der Waals surface area (Å²) in [5, 5.41) is 0. The number of ether oxygens (including phenoxy) is 1. The first-order chi connectivity index (χ1) is 12.7. The van der Waals surface area contributed by atoms with Crippen LogP contribution in [0, 0.1) is 6.92 Å². The van der Waals surface area contributed by atoms with E-state index < -0.39 is 23.8 Å². The number of carbonyl (C=O) groups is 1. The summed E-state index contributed by atoms with van der Waals surface area (Å²) in [6.07, 6.45) is 1.45.